The molecule has 0 atom stereocenters. The van der Waals surface area contributed by atoms with E-state index >= 15 is 0 Å². The van der Waals surface area contributed by atoms with Gasteiger partial charge < -0.3 is 14.2 Å². The standard InChI is InChI=1S/C24H29N3O3/c1-17(2)27(15-21-25-23(26-30-21)18-9-7-6-8-10-18)22(28)16-29-20-13-11-19(12-14-20)24(3,4)5/h6-14,17H,15-16H2,1-5H3. The molecule has 0 spiro atoms. The van der Waals surface area contributed by atoms with Gasteiger partial charge in [-0.25, -0.2) is 0 Å². The summed E-state index contributed by atoms with van der Waals surface area (Å²) in [6.07, 6.45) is 0. The number of ether oxygens (including phenoxy) is 1. The Balaban J connectivity index is 1.62. The second-order valence-corrected chi connectivity index (χ2v) is 8.56. The molecule has 0 fully saturated rings. The molecule has 6 heteroatoms. The molecule has 0 saturated heterocycles. The van der Waals surface area contributed by atoms with E-state index in [0.717, 1.165) is 5.56 Å². The number of carbonyl (C=O) groups is 1. The van der Waals surface area contributed by atoms with Crippen LogP contribution in [0.5, 0.6) is 5.75 Å². The summed E-state index contributed by atoms with van der Waals surface area (Å²) in [6, 6.07) is 17.4. The molecule has 0 aliphatic carbocycles. The summed E-state index contributed by atoms with van der Waals surface area (Å²) in [7, 11) is 0. The number of hydrogen-bond acceptors (Lipinski definition) is 5. The molecular weight excluding hydrogens is 378 g/mol. The number of amides is 1. The Hall–Kier alpha value is -3.15. The first-order valence-electron chi connectivity index (χ1n) is 10.1. The highest BCUT2D eigenvalue weighted by molar-refractivity contribution is 5.78. The zero-order valence-electron chi connectivity index (χ0n) is 18.3. The Kier molecular flexibility index (Phi) is 6.55. The summed E-state index contributed by atoms with van der Waals surface area (Å²) in [6.45, 7) is 10.6. The monoisotopic (exact) mass is 407 g/mol. The molecule has 2 aromatic carbocycles. The SMILES string of the molecule is CC(C)N(Cc1nc(-c2ccccc2)no1)C(=O)COc1ccc(C(C)(C)C)cc1. The molecule has 30 heavy (non-hydrogen) atoms. The van der Waals surface area contributed by atoms with Crippen molar-refractivity contribution in [2.75, 3.05) is 6.61 Å². The van der Waals surface area contributed by atoms with E-state index in [2.05, 4.69) is 30.9 Å². The molecule has 0 bridgehead atoms. The Bertz CT molecular complexity index is 957. The van der Waals surface area contributed by atoms with Gasteiger partial charge in [-0.15, -0.1) is 0 Å². The molecule has 1 amide bonds. The molecule has 1 heterocycles. The normalized spacial score (nSPS) is 11.5. The van der Waals surface area contributed by atoms with Crippen LogP contribution in [0, 0.1) is 0 Å². The third kappa shape index (κ3) is 5.47. The Morgan fingerprint density at radius 3 is 2.33 bits per heavy atom. The number of carbonyl (C=O) groups excluding carboxylic acids is 1. The van der Waals surface area contributed by atoms with E-state index in [1.54, 1.807) is 4.90 Å². The van der Waals surface area contributed by atoms with Crippen LogP contribution in [0.3, 0.4) is 0 Å². The molecule has 3 rings (SSSR count). The lowest BCUT2D eigenvalue weighted by Gasteiger charge is -2.25. The maximum absolute atomic E-state index is 12.8. The van der Waals surface area contributed by atoms with Gasteiger partial charge in [0.15, 0.2) is 6.61 Å². The molecule has 6 nitrogen and oxygen atoms in total. The van der Waals surface area contributed by atoms with Crippen molar-refractivity contribution in [1.29, 1.82) is 0 Å². The minimum absolute atomic E-state index is 0.0311. The first-order valence-corrected chi connectivity index (χ1v) is 10.1. The smallest absolute Gasteiger partial charge is 0.261 e. The van der Waals surface area contributed by atoms with Gasteiger partial charge in [-0.05, 0) is 37.0 Å². The van der Waals surface area contributed by atoms with Gasteiger partial charge in [-0.2, -0.15) is 4.98 Å². The fourth-order valence-electron chi connectivity index (χ4n) is 3.01. The Morgan fingerprint density at radius 1 is 1.07 bits per heavy atom. The van der Waals surface area contributed by atoms with Crippen LogP contribution < -0.4 is 4.74 Å². The fourth-order valence-corrected chi connectivity index (χ4v) is 3.01. The minimum Gasteiger partial charge on any atom is -0.484 e. The number of nitrogens with zero attached hydrogens (tertiary/aromatic N) is 3. The highest BCUT2D eigenvalue weighted by Crippen LogP contribution is 2.24. The van der Waals surface area contributed by atoms with Crippen molar-refractivity contribution < 1.29 is 14.1 Å². The molecule has 0 aliphatic heterocycles. The van der Waals surface area contributed by atoms with Crippen molar-refractivity contribution in [3.8, 4) is 17.1 Å². The van der Waals surface area contributed by atoms with Gasteiger partial charge >= 0.3 is 0 Å². The molecule has 0 aliphatic rings. The number of rotatable bonds is 7. The first kappa shape index (κ1) is 21.6. The summed E-state index contributed by atoms with van der Waals surface area (Å²) >= 11 is 0. The van der Waals surface area contributed by atoms with Crippen LogP contribution in [0.1, 0.15) is 46.1 Å². The van der Waals surface area contributed by atoms with Crippen LogP contribution >= 0.6 is 0 Å². The highest BCUT2D eigenvalue weighted by atomic mass is 16.5. The predicted octanol–water partition coefficient (Wildman–Crippen LogP) is 4.85. The lowest BCUT2D eigenvalue weighted by Crippen LogP contribution is -2.39. The zero-order valence-corrected chi connectivity index (χ0v) is 18.3. The van der Waals surface area contributed by atoms with Crippen LogP contribution in [-0.4, -0.2) is 33.6 Å². The van der Waals surface area contributed by atoms with Crippen LogP contribution in [0.4, 0.5) is 0 Å². The van der Waals surface area contributed by atoms with E-state index in [9.17, 15) is 4.79 Å². The molecule has 0 unspecified atom stereocenters. The third-order valence-corrected chi connectivity index (χ3v) is 4.83. The summed E-state index contributed by atoms with van der Waals surface area (Å²) in [5.41, 5.74) is 2.17. The van der Waals surface area contributed by atoms with Gasteiger partial charge in [0.05, 0.1) is 0 Å². The molecular formula is C24H29N3O3. The summed E-state index contributed by atoms with van der Waals surface area (Å²) in [5.74, 6) is 1.44. The summed E-state index contributed by atoms with van der Waals surface area (Å²) < 4.78 is 11.1. The van der Waals surface area contributed by atoms with Gasteiger partial charge in [0, 0.05) is 11.6 Å². The molecule has 0 radical (unpaired) electrons. The molecule has 158 valence electrons. The van der Waals surface area contributed by atoms with Crippen molar-refractivity contribution in [2.45, 2.75) is 52.6 Å². The highest BCUT2D eigenvalue weighted by Gasteiger charge is 2.21. The average Bonchev–Trinajstić information content (AvgIpc) is 3.19. The Labute approximate surface area is 177 Å². The number of hydrogen-bond donors (Lipinski definition) is 0. The largest absolute Gasteiger partial charge is 0.484 e. The third-order valence-electron chi connectivity index (χ3n) is 4.83. The minimum atomic E-state index is -0.135. The van der Waals surface area contributed by atoms with Crippen LogP contribution in [0.2, 0.25) is 0 Å². The average molecular weight is 408 g/mol. The van der Waals surface area contributed by atoms with Crippen molar-refractivity contribution in [3.05, 3.63) is 66.1 Å². The van der Waals surface area contributed by atoms with E-state index in [0.29, 0.717) is 17.5 Å². The quantitative estimate of drug-likeness (QED) is 0.560. The van der Waals surface area contributed by atoms with E-state index in [-0.39, 0.29) is 30.5 Å². The van der Waals surface area contributed by atoms with Crippen molar-refractivity contribution >= 4 is 5.91 Å². The van der Waals surface area contributed by atoms with Crippen LogP contribution in [-0.2, 0) is 16.8 Å². The van der Waals surface area contributed by atoms with E-state index < -0.39 is 0 Å². The van der Waals surface area contributed by atoms with Crippen molar-refractivity contribution in [3.63, 3.8) is 0 Å². The van der Waals surface area contributed by atoms with E-state index in [4.69, 9.17) is 9.26 Å². The maximum atomic E-state index is 12.8. The lowest BCUT2D eigenvalue weighted by atomic mass is 9.87. The van der Waals surface area contributed by atoms with Crippen molar-refractivity contribution in [2.24, 2.45) is 0 Å². The predicted molar refractivity (Wildman–Crippen MR) is 116 cm³/mol. The maximum Gasteiger partial charge on any atom is 0.261 e. The van der Waals surface area contributed by atoms with Gasteiger partial charge in [0.2, 0.25) is 11.7 Å². The first-order chi connectivity index (χ1) is 14.2. The molecule has 0 N–H and O–H groups in total. The van der Waals surface area contributed by atoms with Crippen LogP contribution in [0.25, 0.3) is 11.4 Å². The van der Waals surface area contributed by atoms with Gasteiger partial charge in [-0.1, -0.05) is 68.4 Å². The summed E-state index contributed by atoms with van der Waals surface area (Å²) in [4.78, 5) is 18.9. The second-order valence-electron chi connectivity index (χ2n) is 8.56. The zero-order chi connectivity index (χ0) is 21.7. The fraction of sp³-hybridized carbons (Fsp3) is 0.375. The molecule has 3 aromatic rings. The topological polar surface area (TPSA) is 68.5 Å². The second kappa shape index (κ2) is 9.11. The van der Waals surface area contributed by atoms with Gasteiger partial charge in [0.25, 0.3) is 5.91 Å². The molecule has 0 saturated carbocycles. The molecule has 1 aromatic heterocycles. The van der Waals surface area contributed by atoms with E-state index in [1.807, 2.05) is 68.4 Å². The lowest BCUT2D eigenvalue weighted by molar-refractivity contribution is -0.136. The van der Waals surface area contributed by atoms with Gasteiger partial charge in [-0.3, -0.25) is 4.79 Å². The van der Waals surface area contributed by atoms with Gasteiger partial charge in [0.1, 0.15) is 12.3 Å². The van der Waals surface area contributed by atoms with Crippen LogP contribution in [0.15, 0.2) is 59.1 Å². The van der Waals surface area contributed by atoms with E-state index in [1.165, 1.54) is 5.56 Å². The Morgan fingerprint density at radius 2 is 1.73 bits per heavy atom. The summed E-state index contributed by atoms with van der Waals surface area (Å²) in [5, 5.41) is 4.02. The number of aromatic nitrogens is 2. The number of benzene rings is 2. The van der Waals surface area contributed by atoms with Crippen molar-refractivity contribution in [1.82, 2.24) is 15.0 Å².